The van der Waals surface area contributed by atoms with Crippen LogP contribution in [0.1, 0.15) is 16.2 Å². The van der Waals surface area contributed by atoms with Gasteiger partial charge in [-0.25, -0.2) is 4.63 Å². The van der Waals surface area contributed by atoms with Crippen LogP contribution in [-0.2, 0) is 6.54 Å². The highest BCUT2D eigenvalue weighted by molar-refractivity contribution is 6.07. The lowest BCUT2D eigenvalue weighted by Crippen LogP contribution is -2.23. The third-order valence-corrected chi connectivity index (χ3v) is 2.29. The maximum Gasteiger partial charge on any atom is 0.284 e. The highest BCUT2D eigenvalue weighted by atomic mass is 16.6. The zero-order chi connectivity index (χ0) is 10.4. The van der Waals surface area contributed by atoms with Gasteiger partial charge in [-0.1, -0.05) is 5.16 Å². The molecule has 0 saturated carbocycles. The first-order valence-corrected chi connectivity index (χ1v) is 4.33. The lowest BCUT2D eigenvalue weighted by molar-refractivity contribution is 0.0984. The molecule has 0 spiro atoms. The first kappa shape index (κ1) is 8.04. The van der Waals surface area contributed by atoms with E-state index in [-0.39, 0.29) is 11.6 Å². The molecule has 0 aliphatic carbocycles. The fraction of sp³-hybridized carbons (Fsp3) is 0.125. The Kier molecular flexibility index (Phi) is 1.39. The molecule has 3 N–H and O–H groups in total. The normalized spacial score (nSPS) is 14.7. The summed E-state index contributed by atoms with van der Waals surface area (Å²) in [6.45, 7) is 0.359. The van der Waals surface area contributed by atoms with E-state index >= 15 is 0 Å². The number of rotatable bonds is 1. The van der Waals surface area contributed by atoms with Crippen molar-refractivity contribution in [2.45, 2.75) is 6.54 Å². The molecule has 1 aliphatic heterocycles. The number of nitrogen functional groups attached to an aromatic ring is 1. The summed E-state index contributed by atoms with van der Waals surface area (Å²) in [5.41, 5.74) is 6.95. The molecule has 15 heavy (non-hydrogen) atoms. The van der Waals surface area contributed by atoms with Crippen molar-refractivity contribution in [3.05, 3.63) is 23.7 Å². The number of hydrogen-bond donors (Lipinski definition) is 2. The summed E-state index contributed by atoms with van der Waals surface area (Å²) >= 11 is 0. The van der Waals surface area contributed by atoms with Gasteiger partial charge in [-0.15, -0.1) is 0 Å². The number of fused-ring (bicyclic) bond motifs is 1. The Labute approximate surface area is 83.8 Å². The Balaban J connectivity index is 1.99. The standard InChI is InChI=1S/C8H7N5O2/c9-4-1-6(10-2-4)13-3-5-7(8(13)14)12-15-11-5/h1-2,10H,3,9H2. The predicted octanol–water partition coefficient (Wildman–Crippen LogP) is 0.140. The highest BCUT2D eigenvalue weighted by Gasteiger charge is 2.34. The number of hydrogen-bond acceptors (Lipinski definition) is 5. The Morgan fingerprint density at radius 3 is 3.07 bits per heavy atom. The Morgan fingerprint density at radius 1 is 1.53 bits per heavy atom. The molecule has 7 heteroatoms. The molecule has 0 saturated heterocycles. The molecule has 0 radical (unpaired) electrons. The van der Waals surface area contributed by atoms with Crippen LogP contribution < -0.4 is 10.6 Å². The number of amides is 1. The molecule has 0 unspecified atom stereocenters. The molecule has 1 amide bonds. The van der Waals surface area contributed by atoms with Crippen LogP contribution in [0.4, 0.5) is 11.5 Å². The number of carbonyl (C=O) groups excluding carboxylic acids is 1. The van der Waals surface area contributed by atoms with E-state index in [0.29, 0.717) is 23.7 Å². The second kappa shape index (κ2) is 2.59. The molecule has 0 fully saturated rings. The van der Waals surface area contributed by atoms with Gasteiger partial charge in [-0.2, -0.15) is 0 Å². The number of carbonyl (C=O) groups is 1. The topological polar surface area (TPSA) is 101 Å². The van der Waals surface area contributed by atoms with Crippen molar-refractivity contribution >= 4 is 17.4 Å². The van der Waals surface area contributed by atoms with E-state index in [0.717, 1.165) is 0 Å². The summed E-state index contributed by atoms with van der Waals surface area (Å²) in [5.74, 6) is 0.408. The van der Waals surface area contributed by atoms with Crippen LogP contribution >= 0.6 is 0 Å². The van der Waals surface area contributed by atoms with Crippen molar-refractivity contribution in [3.8, 4) is 0 Å². The van der Waals surface area contributed by atoms with Gasteiger partial charge in [0.15, 0.2) is 5.69 Å². The van der Waals surface area contributed by atoms with Gasteiger partial charge in [-0.3, -0.25) is 9.69 Å². The fourth-order valence-corrected chi connectivity index (χ4v) is 1.57. The summed E-state index contributed by atoms with van der Waals surface area (Å²) in [6, 6.07) is 1.68. The van der Waals surface area contributed by atoms with Gasteiger partial charge in [0.05, 0.1) is 12.2 Å². The molecule has 0 aromatic carbocycles. The fourth-order valence-electron chi connectivity index (χ4n) is 1.57. The maximum absolute atomic E-state index is 11.8. The molecule has 3 heterocycles. The van der Waals surface area contributed by atoms with Crippen molar-refractivity contribution in [1.82, 2.24) is 15.3 Å². The number of anilines is 2. The molecule has 2 aromatic heterocycles. The molecular weight excluding hydrogens is 198 g/mol. The number of nitrogens with one attached hydrogen (secondary N) is 1. The van der Waals surface area contributed by atoms with Crippen LogP contribution in [-0.4, -0.2) is 21.2 Å². The van der Waals surface area contributed by atoms with Crippen molar-refractivity contribution < 1.29 is 9.42 Å². The van der Waals surface area contributed by atoms with Gasteiger partial charge in [0.1, 0.15) is 11.5 Å². The highest BCUT2D eigenvalue weighted by Crippen LogP contribution is 2.25. The minimum Gasteiger partial charge on any atom is -0.397 e. The largest absolute Gasteiger partial charge is 0.397 e. The minimum absolute atomic E-state index is 0.229. The van der Waals surface area contributed by atoms with E-state index in [9.17, 15) is 4.79 Å². The van der Waals surface area contributed by atoms with Gasteiger partial charge in [0.2, 0.25) is 0 Å². The first-order chi connectivity index (χ1) is 7.25. The maximum atomic E-state index is 11.8. The quantitative estimate of drug-likeness (QED) is 0.689. The van der Waals surface area contributed by atoms with Crippen LogP contribution in [0.3, 0.4) is 0 Å². The third kappa shape index (κ3) is 1.03. The second-order valence-corrected chi connectivity index (χ2v) is 3.27. The molecule has 3 rings (SSSR count). The van der Waals surface area contributed by atoms with Gasteiger partial charge in [-0.05, 0) is 5.16 Å². The Bertz CT molecular complexity index is 529. The second-order valence-electron chi connectivity index (χ2n) is 3.27. The van der Waals surface area contributed by atoms with Crippen molar-refractivity contribution in [2.75, 3.05) is 10.6 Å². The molecule has 1 aliphatic rings. The van der Waals surface area contributed by atoms with Crippen molar-refractivity contribution in [3.63, 3.8) is 0 Å². The number of nitrogens with zero attached hydrogens (tertiary/aromatic N) is 3. The molecule has 0 bridgehead atoms. The summed E-state index contributed by atoms with van der Waals surface area (Å²) in [7, 11) is 0. The summed E-state index contributed by atoms with van der Waals surface area (Å²) in [4.78, 5) is 16.2. The van der Waals surface area contributed by atoms with E-state index < -0.39 is 0 Å². The van der Waals surface area contributed by atoms with Crippen molar-refractivity contribution in [2.24, 2.45) is 0 Å². The summed E-state index contributed by atoms with van der Waals surface area (Å²) < 4.78 is 4.46. The average Bonchev–Trinajstić information content (AvgIpc) is 2.84. The predicted molar refractivity (Wildman–Crippen MR) is 50.0 cm³/mol. The molecule has 76 valence electrons. The number of aromatic amines is 1. The number of aromatic nitrogens is 3. The monoisotopic (exact) mass is 205 g/mol. The number of nitrogens with two attached hydrogens (primary N) is 1. The van der Waals surface area contributed by atoms with Crippen LogP contribution in [0, 0.1) is 0 Å². The van der Waals surface area contributed by atoms with E-state index in [1.165, 1.54) is 4.90 Å². The molecular formula is C8H7N5O2. The average molecular weight is 205 g/mol. The smallest absolute Gasteiger partial charge is 0.284 e. The van der Waals surface area contributed by atoms with Crippen LogP contribution in [0.2, 0.25) is 0 Å². The number of H-pyrrole nitrogens is 1. The van der Waals surface area contributed by atoms with E-state index in [4.69, 9.17) is 5.73 Å². The summed E-state index contributed by atoms with van der Waals surface area (Å²) in [6.07, 6.45) is 1.62. The van der Waals surface area contributed by atoms with Gasteiger partial charge < -0.3 is 10.7 Å². The summed E-state index contributed by atoms with van der Waals surface area (Å²) in [5, 5.41) is 7.17. The zero-order valence-corrected chi connectivity index (χ0v) is 7.60. The van der Waals surface area contributed by atoms with Gasteiger partial charge in [0.25, 0.3) is 5.91 Å². The van der Waals surface area contributed by atoms with Crippen LogP contribution in [0.15, 0.2) is 16.9 Å². The Hall–Kier alpha value is -2.31. The SMILES string of the molecule is Nc1c[nH]c(N2Cc3nonc3C2=O)c1. The van der Waals surface area contributed by atoms with Crippen LogP contribution in [0.5, 0.6) is 0 Å². The Morgan fingerprint density at radius 2 is 2.40 bits per heavy atom. The lowest BCUT2D eigenvalue weighted by Gasteiger charge is -2.11. The lowest BCUT2D eigenvalue weighted by atomic mass is 10.4. The molecule has 0 atom stereocenters. The van der Waals surface area contributed by atoms with Gasteiger partial charge >= 0.3 is 0 Å². The third-order valence-electron chi connectivity index (χ3n) is 2.29. The minimum atomic E-state index is -0.229. The van der Waals surface area contributed by atoms with E-state index in [1.54, 1.807) is 12.3 Å². The van der Waals surface area contributed by atoms with Crippen molar-refractivity contribution in [1.29, 1.82) is 0 Å². The zero-order valence-electron chi connectivity index (χ0n) is 7.60. The molecule has 2 aromatic rings. The van der Waals surface area contributed by atoms with Gasteiger partial charge in [0, 0.05) is 12.3 Å². The first-order valence-electron chi connectivity index (χ1n) is 4.33. The van der Waals surface area contributed by atoms with E-state index in [1.807, 2.05) is 0 Å². The van der Waals surface area contributed by atoms with E-state index in [2.05, 4.69) is 19.9 Å². The van der Waals surface area contributed by atoms with Crippen LogP contribution in [0.25, 0.3) is 0 Å². The molecule has 7 nitrogen and oxygen atoms in total.